The van der Waals surface area contributed by atoms with Gasteiger partial charge in [-0.15, -0.1) is 0 Å². The van der Waals surface area contributed by atoms with Crippen LogP contribution in [0, 0.1) is 5.41 Å². The van der Waals surface area contributed by atoms with E-state index in [0.717, 1.165) is 6.08 Å². The molecule has 9 heteroatoms. The molecule has 0 aliphatic carbocycles. The zero-order chi connectivity index (χ0) is 17.2. The lowest BCUT2D eigenvalue weighted by atomic mass is 10.4. The number of aliphatic hydroxyl groups excluding tert-OH is 2. The average Bonchev–Trinajstić information content (AvgIpc) is 2.46. The van der Waals surface area contributed by atoms with E-state index in [0.29, 0.717) is 26.4 Å². The van der Waals surface area contributed by atoms with Crippen LogP contribution in [0.3, 0.4) is 0 Å². The van der Waals surface area contributed by atoms with Crippen LogP contribution in [-0.2, 0) is 28.5 Å². The molecule has 0 aliphatic rings. The summed E-state index contributed by atoms with van der Waals surface area (Å²) in [6.07, 6.45) is -0.558. The lowest BCUT2D eigenvalue weighted by Crippen LogP contribution is -2.24. The van der Waals surface area contributed by atoms with Gasteiger partial charge in [-0.25, -0.2) is 15.0 Å². The Morgan fingerprint density at radius 2 is 1.64 bits per heavy atom. The number of hydrogen-bond acceptors (Lipinski definition) is 9. The number of carbonyl (C=O) groups excluding carboxylic acids is 2. The van der Waals surface area contributed by atoms with E-state index in [9.17, 15) is 9.90 Å². The number of nitrogens with one attached hydrogen (secondary N) is 1. The molecule has 0 saturated carbocycles. The summed E-state index contributed by atoms with van der Waals surface area (Å²) < 4.78 is 19.8. The van der Waals surface area contributed by atoms with Gasteiger partial charge >= 0.3 is 5.97 Å². The van der Waals surface area contributed by atoms with E-state index >= 15 is 0 Å². The standard InChI is InChI=1S/C12H22O7.CHNO/c1-10(2)12(15)19-11(14)9-18-8-7-17-6-5-16-4-3-13;2-1-3/h11,13-14H,1,3-9H2,2H3;2H. The van der Waals surface area contributed by atoms with Crippen molar-refractivity contribution in [2.24, 2.45) is 0 Å². The van der Waals surface area contributed by atoms with Crippen LogP contribution >= 0.6 is 0 Å². The smallest absolute Gasteiger partial charge is 0.335 e. The Morgan fingerprint density at radius 3 is 2.09 bits per heavy atom. The first-order valence-corrected chi connectivity index (χ1v) is 6.42. The van der Waals surface area contributed by atoms with Crippen LogP contribution in [0.2, 0.25) is 0 Å². The average molecular weight is 321 g/mol. The molecule has 1 atom stereocenters. The maximum absolute atomic E-state index is 11.0. The number of carbonyl (C=O) groups is 1. The van der Waals surface area contributed by atoms with Crippen LogP contribution < -0.4 is 0 Å². The molecule has 0 spiro atoms. The predicted octanol–water partition coefficient (Wildman–Crippen LogP) is -0.633. The van der Waals surface area contributed by atoms with E-state index in [1.54, 1.807) is 0 Å². The SMILES string of the molecule is C=C(C)C(=O)OC(O)COCCOCCOCCO.N=C=O. The van der Waals surface area contributed by atoms with Crippen molar-refractivity contribution < 1.29 is 38.7 Å². The number of rotatable bonds is 12. The lowest BCUT2D eigenvalue weighted by Gasteiger charge is -2.12. The molecule has 22 heavy (non-hydrogen) atoms. The van der Waals surface area contributed by atoms with E-state index in [1.807, 2.05) is 0 Å². The maximum Gasteiger partial charge on any atom is 0.335 e. The Bertz CT molecular complexity index is 328. The summed E-state index contributed by atoms with van der Waals surface area (Å²) in [5, 5.41) is 23.1. The molecule has 0 rings (SSSR count). The lowest BCUT2D eigenvalue weighted by molar-refractivity contribution is -0.173. The minimum Gasteiger partial charge on any atom is -0.430 e. The summed E-state index contributed by atoms with van der Waals surface area (Å²) in [5.74, 6) is -0.659. The quantitative estimate of drug-likeness (QED) is 0.108. The number of esters is 1. The molecule has 0 radical (unpaired) electrons. The molecule has 0 aromatic carbocycles. The third kappa shape index (κ3) is 18.4. The van der Waals surface area contributed by atoms with E-state index in [4.69, 9.17) is 29.5 Å². The van der Waals surface area contributed by atoms with E-state index in [-0.39, 0.29) is 25.4 Å². The van der Waals surface area contributed by atoms with Crippen LogP contribution in [0.1, 0.15) is 6.92 Å². The zero-order valence-corrected chi connectivity index (χ0v) is 12.6. The van der Waals surface area contributed by atoms with Gasteiger partial charge in [0.1, 0.15) is 6.61 Å². The van der Waals surface area contributed by atoms with Gasteiger partial charge in [0.15, 0.2) is 0 Å². The highest BCUT2D eigenvalue weighted by atomic mass is 16.7. The highest BCUT2D eigenvalue weighted by Gasteiger charge is 2.11. The van der Waals surface area contributed by atoms with Gasteiger partial charge in [0, 0.05) is 5.57 Å². The second kappa shape index (κ2) is 17.4. The number of aliphatic hydroxyl groups is 2. The van der Waals surface area contributed by atoms with Crippen LogP contribution in [0.5, 0.6) is 0 Å². The number of ether oxygens (including phenoxy) is 4. The Morgan fingerprint density at radius 1 is 1.18 bits per heavy atom. The molecule has 128 valence electrons. The summed E-state index contributed by atoms with van der Waals surface area (Å²) >= 11 is 0. The van der Waals surface area contributed by atoms with Crippen molar-refractivity contribution in [3.63, 3.8) is 0 Å². The van der Waals surface area contributed by atoms with Gasteiger partial charge in [-0.2, -0.15) is 0 Å². The Hall–Kier alpha value is -1.61. The number of hydrogen-bond donors (Lipinski definition) is 3. The van der Waals surface area contributed by atoms with E-state index < -0.39 is 12.3 Å². The molecule has 3 N–H and O–H groups in total. The molecule has 0 amide bonds. The normalized spacial score (nSPS) is 10.9. The summed E-state index contributed by atoms with van der Waals surface area (Å²) in [5.41, 5.74) is 0.213. The number of isocyanates is 1. The zero-order valence-electron chi connectivity index (χ0n) is 12.6. The summed E-state index contributed by atoms with van der Waals surface area (Å²) in [4.78, 5) is 19.4. The topological polar surface area (TPSA) is 135 Å². The molecule has 0 bridgehead atoms. The summed E-state index contributed by atoms with van der Waals surface area (Å²) in [6.45, 7) is 6.44. The van der Waals surface area contributed by atoms with Gasteiger partial charge in [0.05, 0.1) is 39.6 Å². The highest BCUT2D eigenvalue weighted by Crippen LogP contribution is 1.96. The van der Waals surface area contributed by atoms with Crippen LogP contribution in [0.15, 0.2) is 12.2 Å². The first kappa shape index (κ1) is 22.7. The Kier molecular flexibility index (Phi) is 18.0. The molecule has 0 fully saturated rings. The first-order valence-electron chi connectivity index (χ1n) is 6.42. The molecule has 0 saturated heterocycles. The molecule has 0 aromatic heterocycles. The highest BCUT2D eigenvalue weighted by molar-refractivity contribution is 5.86. The van der Waals surface area contributed by atoms with Crippen molar-refractivity contribution in [2.45, 2.75) is 13.2 Å². The molecule has 0 aromatic rings. The predicted molar refractivity (Wildman–Crippen MR) is 74.9 cm³/mol. The van der Waals surface area contributed by atoms with Gasteiger partial charge in [-0.3, -0.25) is 0 Å². The third-order valence-corrected chi connectivity index (χ3v) is 1.83. The summed E-state index contributed by atoms with van der Waals surface area (Å²) in [6, 6.07) is 0. The summed E-state index contributed by atoms with van der Waals surface area (Å²) in [7, 11) is 0. The van der Waals surface area contributed by atoms with E-state index in [2.05, 4.69) is 11.3 Å². The molecule has 9 nitrogen and oxygen atoms in total. The van der Waals surface area contributed by atoms with Crippen molar-refractivity contribution in [1.29, 1.82) is 5.41 Å². The Balaban J connectivity index is 0. The molecule has 1 unspecified atom stereocenters. The molecular formula is C13H23NO8. The van der Waals surface area contributed by atoms with Crippen molar-refractivity contribution >= 4 is 12.0 Å². The fourth-order valence-corrected chi connectivity index (χ4v) is 0.947. The van der Waals surface area contributed by atoms with Gasteiger partial charge in [-0.05, 0) is 6.92 Å². The minimum atomic E-state index is -1.31. The van der Waals surface area contributed by atoms with Crippen molar-refractivity contribution in [3.8, 4) is 0 Å². The fourth-order valence-electron chi connectivity index (χ4n) is 0.947. The van der Waals surface area contributed by atoms with Crippen LogP contribution in [-0.4, -0.2) is 74.8 Å². The van der Waals surface area contributed by atoms with Crippen molar-refractivity contribution in [3.05, 3.63) is 12.2 Å². The van der Waals surface area contributed by atoms with Crippen LogP contribution in [0.4, 0.5) is 0 Å². The van der Waals surface area contributed by atoms with Gasteiger partial charge in [0.25, 0.3) is 0 Å². The second-order valence-corrected chi connectivity index (χ2v) is 3.77. The van der Waals surface area contributed by atoms with Gasteiger partial charge < -0.3 is 29.2 Å². The van der Waals surface area contributed by atoms with Crippen molar-refractivity contribution in [2.75, 3.05) is 46.2 Å². The van der Waals surface area contributed by atoms with Gasteiger partial charge in [-0.1, -0.05) is 6.58 Å². The van der Waals surface area contributed by atoms with Crippen molar-refractivity contribution in [1.82, 2.24) is 0 Å². The Labute approximate surface area is 128 Å². The minimum absolute atomic E-state index is 0.0100. The molecular weight excluding hydrogens is 298 g/mol. The first-order chi connectivity index (χ1) is 10.5. The maximum atomic E-state index is 11.0. The fraction of sp³-hybridized carbons (Fsp3) is 0.692. The molecule has 0 aliphatic heterocycles. The van der Waals surface area contributed by atoms with Crippen LogP contribution in [0.25, 0.3) is 0 Å². The largest absolute Gasteiger partial charge is 0.430 e. The molecule has 0 heterocycles. The monoisotopic (exact) mass is 321 g/mol. The van der Waals surface area contributed by atoms with E-state index in [1.165, 1.54) is 6.92 Å². The second-order valence-electron chi connectivity index (χ2n) is 3.77. The third-order valence-electron chi connectivity index (χ3n) is 1.83. The van der Waals surface area contributed by atoms with Gasteiger partial charge in [0.2, 0.25) is 12.4 Å².